The van der Waals surface area contributed by atoms with E-state index in [4.69, 9.17) is 10.2 Å². The number of carbonyl (C=O) groups is 1. The maximum atomic E-state index is 10.2. The zero-order valence-corrected chi connectivity index (χ0v) is 10.0. The summed E-state index contributed by atoms with van der Waals surface area (Å²) >= 11 is 0. The topological polar surface area (TPSA) is 57.5 Å². The molecule has 0 aromatic rings. The predicted octanol–water partition coefficient (Wildman–Crippen LogP) is 3.13. The Morgan fingerprint density at radius 3 is 2.06 bits per heavy atom. The van der Waals surface area contributed by atoms with Gasteiger partial charge >= 0.3 is 5.97 Å². The first kappa shape index (κ1) is 15.2. The lowest BCUT2D eigenvalue weighted by molar-refractivity contribution is -0.137. The Hall–Kier alpha value is -0.830. The molecule has 0 atom stereocenters. The Labute approximate surface area is 98.2 Å². The van der Waals surface area contributed by atoms with Crippen LogP contribution in [0.15, 0.2) is 12.2 Å². The first-order chi connectivity index (χ1) is 7.77. The fraction of sp³-hybridized carbons (Fsp3) is 0.769. The molecule has 0 aromatic carbocycles. The van der Waals surface area contributed by atoms with Gasteiger partial charge in [-0.3, -0.25) is 4.79 Å². The summed E-state index contributed by atoms with van der Waals surface area (Å²) in [6.45, 7) is 0.309. The third kappa shape index (κ3) is 13.2. The van der Waals surface area contributed by atoms with Crippen molar-refractivity contribution in [3.8, 4) is 0 Å². The molecule has 3 heteroatoms. The second-order valence-corrected chi connectivity index (χ2v) is 4.04. The van der Waals surface area contributed by atoms with E-state index in [0.29, 0.717) is 6.61 Å². The van der Waals surface area contributed by atoms with Gasteiger partial charge in [0.25, 0.3) is 0 Å². The van der Waals surface area contributed by atoms with Crippen molar-refractivity contribution >= 4 is 5.97 Å². The molecule has 2 N–H and O–H groups in total. The van der Waals surface area contributed by atoms with Crippen LogP contribution in [-0.4, -0.2) is 22.8 Å². The van der Waals surface area contributed by atoms with Gasteiger partial charge < -0.3 is 10.2 Å². The number of hydrogen-bond donors (Lipinski definition) is 2. The third-order valence-electron chi connectivity index (χ3n) is 2.46. The van der Waals surface area contributed by atoms with Gasteiger partial charge in [-0.15, -0.1) is 0 Å². The highest BCUT2D eigenvalue weighted by atomic mass is 16.4. The number of hydrogen-bond acceptors (Lipinski definition) is 2. The minimum absolute atomic E-state index is 0.269. The molecule has 0 saturated heterocycles. The van der Waals surface area contributed by atoms with Crippen molar-refractivity contribution in [2.24, 2.45) is 0 Å². The number of carboxylic acids is 1. The lowest BCUT2D eigenvalue weighted by atomic mass is 10.1. The van der Waals surface area contributed by atoms with Crippen LogP contribution < -0.4 is 0 Å². The molecule has 0 aliphatic heterocycles. The van der Waals surface area contributed by atoms with Crippen molar-refractivity contribution in [1.29, 1.82) is 0 Å². The summed E-state index contributed by atoms with van der Waals surface area (Å²) in [4.78, 5) is 10.2. The van der Waals surface area contributed by atoms with Gasteiger partial charge in [-0.05, 0) is 32.1 Å². The molecule has 0 spiro atoms. The number of rotatable bonds is 11. The molecule has 0 bridgehead atoms. The summed E-state index contributed by atoms with van der Waals surface area (Å²) in [6, 6.07) is 0. The van der Waals surface area contributed by atoms with E-state index < -0.39 is 5.97 Å². The summed E-state index contributed by atoms with van der Waals surface area (Å²) in [5.74, 6) is -0.711. The highest BCUT2D eigenvalue weighted by Crippen LogP contribution is 2.06. The number of aliphatic hydroxyl groups excluding tert-OH is 1. The van der Waals surface area contributed by atoms with Crippen molar-refractivity contribution in [3.05, 3.63) is 12.2 Å². The number of allylic oxidation sites excluding steroid dienone is 2. The lowest BCUT2D eigenvalue weighted by Crippen LogP contribution is -1.92. The minimum Gasteiger partial charge on any atom is -0.481 e. The summed E-state index contributed by atoms with van der Waals surface area (Å²) < 4.78 is 0. The van der Waals surface area contributed by atoms with Crippen LogP contribution >= 0.6 is 0 Å². The van der Waals surface area contributed by atoms with Crippen molar-refractivity contribution in [2.45, 2.75) is 57.8 Å². The molecule has 0 radical (unpaired) electrons. The molecule has 0 aliphatic carbocycles. The van der Waals surface area contributed by atoms with Crippen LogP contribution in [0.5, 0.6) is 0 Å². The minimum atomic E-state index is -0.711. The van der Waals surface area contributed by atoms with Gasteiger partial charge in [0.2, 0.25) is 0 Å². The van der Waals surface area contributed by atoms with Gasteiger partial charge in [0.05, 0.1) is 0 Å². The average Bonchev–Trinajstić information content (AvgIpc) is 2.25. The maximum Gasteiger partial charge on any atom is 0.303 e. The first-order valence-electron chi connectivity index (χ1n) is 6.25. The van der Waals surface area contributed by atoms with E-state index in [1.54, 1.807) is 0 Å². The molecule has 3 nitrogen and oxygen atoms in total. The maximum absolute atomic E-state index is 10.2. The molecule has 0 heterocycles. The molecule has 0 aliphatic rings. The average molecular weight is 228 g/mol. The number of aliphatic carboxylic acids is 1. The van der Waals surface area contributed by atoms with E-state index in [1.807, 2.05) is 0 Å². The zero-order valence-electron chi connectivity index (χ0n) is 10.0. The van der Waals surface area contributed by atoms with Crippen LogP contribution in [0.25, 0.3) is 0 Å². The Balaban J connectivity index is 3.06. The molecular formula is C13H24O3. The molecule has 0 unspecified atom stereocenters. The summed E-state index contributed by atoms with van der Waals surface area (Å²) in [5, 5.41) is 17.0. The Bertz CT molecular complexity index is 188. The van der Waals surface area contributed by atoms with Crippen LogP contribution in [0.2, 0.25) is 0 Å². The highest BCUT2D eigenvalue weighted by Gasteiger charge is 1.93. The van der Waals surface area contributed by atoms with E-state index in [1.165, 1.54) is 19.3 Å². The first-order valence-corrected chi connectivity index (χ1v) is 6.25. The zero-order chi connectivity index (χ0) is 12.1. The molecule has 0 amide bonds. The van der Waals surface area contributed by atoms with E-state index in [9.17, 15) is 4.79 Å². The van der Waals surface area contributed by atoms with E-state index in [2.05, 4.69) is 12.2 Å². The molecule has 16 heavy (non-hydrogen) atoms. The second-order valence-electron chi connectivity index (χ2n) is 4.04. The van der Waals surface area contributed by atoms with Gasteiger partial charge in [-0.2, -0.15) is 0 Å². The van der Waals surface area contributed by atoms with E-state index in [0.717, 1.165) is 32.1 Å². The highest BCUT2D eigenvalue weighted by molar-refractivity contribution is 5.66. The Morgan fingerprint density at radius 2 is 1.44 bits per heavy atom. The van der Waals surface area contributed by atoms with Crippen LogP contribution in [0.1, 0.15) is 57.8 Å². The van der Waals surface area contributed by atoms with Crippen LogP contribution in [0.4, 0.5) is 0 Å². The summed E-state index contributed by atoms with van der Waals surface area (Å²) in [6.07, 6.45) is 12.9. The van der Waals surface area contributed by atoms with Gasteiger partial charge in [-0.25, -0.2) is 0 Å². The SMILES string of the molecule is O=C(O)CCC/C=C/CCCCCCCO. The van der Waals surface area contributed by atoms with Crippen molar-refractivity contribution in [2.75, 3.05) is 6.61 Å². The third-order valence-corrected chi connectivity index (χ3v) is 2.46. The molecule has 0 rings (SSSR count). The molecule has 0 fully saturated rings. The van der Waals surface area contributed by atoms with Crippen molar-refractivity contribution in [1.82, 2.24) is 0 Å². The van der Waals surface area contributed by atoms with Crippen molar-refractivity contribution < 1.29 is 15.0 Å². The monoisotopic (exact) mass is 228 g/mol. The standard InChI is InChI=1S/C13H24O3/c14-12-10-8-6-4-2-1-3-5-7-9-11-13(15)16/h3,5,14H,1-2,4,6-12H2,(H,15,16)/b5-3+. The Kier molecular flexibility index (Phi) is 11.6. The van der Waals surface area contributed by atoms with Crippen LogP contribution in [0.3, 0.4) is 0 Å². The van der Waals surface area contributed by atoms with Gasteiger partial charge in [0.1, 0.15) is 0 Å². The van der Waals surface area contributed by atoms with Gasteiger partial charge in [0, 0.05) is 13.0 Å². The quantitative estimate of drug-likeness (QED) is 0.422. The van der Waals surface area contributed by atoms with Gasteiger partial charge in [0.15, 0.2) is 0 Å². The fourth-order valence-corrected chi connectivity index (χ4v) is 1.51. The number of unbranched alkanes of at least 4 members (excludes halogenated alkanes) is 6. The fourth-order valence-electron chi connectivity index (χ4n) is 1.51. The largest absolute Gasteiger partial charge is 0.481 e. The Morgan fingerprint density at radius 1 is 0.875 bits per heavy atom. The predicted molar refractivity (Wildman–Crippen MR) is 65.4 cm³/mol. The van der Waals surface area contributed by atoms with Crippen LogP contribution in [-0.2, 0) is 4.79 Å². The van der Waals surface area contributed by atoms with Gasteiger partial charge in [-0.1, -0.05) is 31.4 Å². The second kappa shape index (κ2) is 12.2. The van der Waals surface area contributed by atoms with Crippen LogP contribution in [0, 0.1) is 0 Å². The van der Waals surface area contributed by atoms with E-state index in [-0.39, 0.29) is 6.42 Å². The smallest absolute Gasteiger partial charge is 0.303 e. The normalized spacial score (nSPS) is 11.1. The molecule has 0 aromatic heterocycles. The molecule has 94 valence electrons. The van der Waals surface area contributed by atoms with Crippen molar-refractivity contribution in [3.63, 3.8) is 0 Å². The van der Waals surface area contributed by atoms with E-state index >= 15 is 0 Å². The number of carboxylic acid groups (broad SMARTS) is 1. The molecular weight excluding hydrogens is 204 g/mol. The molecule has 0 saturated carbocycles. The lowest BCUT2D eigenvalue weighted by Gasteiger charge is -1.97. The summed E-state index contributed by atoms with van der Waals surface area (Å²) in [5.41, 5.74) is 0. The number of aliphatic hydroxyl groups is 1. The summed E-state index contributed by atoms with van der Waals surface area (Å²) in [7, 11) is 0.